The lowest BCUT2D eigenvalue weighted by atomic mass is 9.95. The first kappa shape index (κ1) is 17.9. The topological polar surface area (TPSA) is 50.8 Å². The van der Waals surface area contributed by atoms with Gasteiger partial charge >= 0.3 is 5.97 Å². The molecule has 0 saturated heterocycles. The highest BCUT2D eigenvalue weighted by molar-refractivity contribution is 9.10. The number of halogens is 1. The van der Waals surface area contributed by atoms with Gasteiger partial charge in [0.15, 0.2) is 5.11 Å². The van der Waals surface area contributed by atoms with E-state index in [1.807, 2.05) is 36.1 Å². The van der Waals surface area contributed by atoms with Gasteiger partial charge in [-0.1, -0.05) is 28.1 Å². The summed E-state index contributed by atoms with van der Waals surface area (Å²) in [5, 5.41) is 3.80. The summed E-state index contributed by atoms with van der Waals surface area (Å²) in [4.78, 5) is 14.2. The number of hydrogen-bond donors (Lipinski definition) is 1. The number of methoxy groups -OCH3 is 2. The molecule has 1 aromatic carbocycles. The van der Waals surface area contributed by atoms with E-state index >= 15 is 0 Å². The number of allylic oxidation sites excluding steroid dienone is 1. The number of nitrogens with one attached hydrogen (secondary N) is 1. The largest absolute Gasteiger partial charge is 0.466 e. The molecule has 0 fully saturated rings. The van der Waals surface area contributed by atoms with Gasteiger partial charge in [-0.05, 0) is 36.8 Å². The highest BCUT2D eigenvalue weighted by Gasteiger charge is 2.34. The standard InChI is InChI=1S/C16H19BrN2O3S/c1-10-13(15(20)22-3)14(11-4-6-12(17)7-5-11)18-16(23)19(10)8-9-21-2/h4-7,14H,8-9H2,1-3H3,(H,18,23)/t14-/m0/s1. The molecule has 1 aromatic rings. The van der Waals surface area contributed by atoms with Crippen LogP contribution in [0.2, 0.25) is 0 Å². The molecular weight excluding hydrogens is 380 g/mol. The SMILES string of the molecule is COCCN1C(=S)N[C@@H](c2ccc(Br)cc2)C(C(=O)OC)=C1C. The number of esters is 1. The van der Waals surface area contributed by atoms with Crippen LogP contribution < -0.4 is 5.32 Å². The van der Waals surface area contributed by atoms with Gasteiger partial charge in [-0.2, -0.15) is 0 Å². The molecule has 1 aliphatic heterocycles. The Labute approximate surface area is 149 Å². The molecule has 0 aromatic heterocycles. The van der Waals surface area contributed by atoms with Crippen LogP contribution in [-0.4, -0.2) is 43.4 Å². The van der Waals surface area contributed by atoms with Crippen LogP contribution in [0.15, 0.2) is 40.0 Å². The summed E-state index contributed by atoms with van der Waals surface area (Å²) in [6.07, 6.45) is 0. The molecule has 1 aliphatic rings. The van der Waals surface area contributed by atoms with Crippen molar-refractivity contribution in [3.05, 3.63) is 45.6 Å². The van der Waals surface area contributed by atoms with E-state index in [4.69, 9.17) is 21.7 Å². The molecule has 1 atom stereocenters. The predicted octanol–water partition coefficient (Wildman–Crippen LogP) is 2.77. The van der Waals surface area contributed by atoms with E-state index < -0.39 is 0 Å². The monoisotopic (exact) mass is 398 g/mol. The lowest BCUT2D eigenvalue weighted by molar-refractivity contribution is -0.136. The lowest BCUT2D eigenvalue weighted by Gasteiger charge is -2.37. The van der Waals surface area contributed by atoms with E-state index in [0.717, 1.165) is 15.7 Å². The maximum atomic E-state index is 12.3. The van der Waals surface area contributed by atoms with Gasteiger partial charge in [0, 0.05) is 23.8 Å². The number of hydrogen-bond acceptors (Lipinski definition) is 4. The third-order valence-corrected chi connectivity index (χ3v) is 4.59. The van der Waals surface area contributed by atoms with Crippen LogP contribution in [0, 0.1) is 0 Å². The molecule has 2 rings (SSSR count). The first-order valence-electron chi connectivity index (χ1n) is 7.11. The van der Waals surface area contributed by atoms with Crippen LogP contribution in [0.5, 0.6) is 0 Å². The molecule has 7 heteroatoms. The van der Waals surface area contributed by atoms with Crippen LogP contribution >= 0.6 is 28.1 Å². The van der Waals surface area contributed by atoms with Crippen molar-refractivity contribution in [2.75, 3.05) is 27.4 Å². The van der Waals surface area contributed by atoms with Gasteiger partial charge in [-0.25, -0.2) is 4.79 Å². The van der Waals surface area contributed by atoms with Crippen molar-refractivity contribution < 1.29 is 14.3 Å². The van der Waals surface area contributed by atoms with Gasteiger partial charge in [-0.15, -0.1) is 0 Å². The second kappa shape index (κ2) is 7.90. The molecule has 124 valence electrons. The van der Waals surface area contributed by atoms with Crippen molar-refractivity contribution >= 4 is 39.2 Å². The van der Waals surface area contributed by atoms with Gasteiger partial charge in [0.2, 0.25) is 0 Å². The molecule has 0 unspecified atom stereocenters. The summed E-state index contributed by atoms with van der Waals surface area (Å²) >= 11 is 8.88. The van der Waals surface area contributed by atoms with Crippen LogP contribution in [0.3, 0.4) is 0 Å². The van der Waals surface area contributed by atoms with E-state index in [2.05, 4.69) is 21.2 Å². The van der Waals surface area contributed by atoms with Gasteiger partial charge in [0.25, 0.3) is 0 Å². The third kappa shape index (κ3) is 3.91. The van der Waals surface area contributed by atoms with Crippen molar-refractivity contribution in [1.82, 2.24) is 10.2 Å². The van der Waals surface area contributed by atoms with E-state index in [1.165, 1.54) is 7.11 Å². The molecular formula is C16H19BrN2O3S. The van der Waals surface area contributed by atoms with Crippen molar-refractivity contribution in [2.24, 2.45) is 0 Å². The molecule has 0 radical (unpaired) electrons. The second-order valence-corrected chi connectivity index (χ2v) is 6.37. The zero-order valence-corrected chi connectivity index (χ0v) is 15.7. The van der Waals surface area contributed by atoms with E-state index in [-0.39, 0.29) is 12.0 Å². The first-order chi connectivity index (χ1) is 11.0. The maximum absolute atomic E-state index is 12.3. The molecule has 5 nitrogen and oxygen atoms in total. The Morgan fingerprint density at radius 2 is 2.00 bits per heavy atom. The van der Waals surface area contributed by atoms with Crippen LogP contribution in [0.25, 0.3) is 0 Å². The highest BCUT2D eigenvalue weighted by Crippen LogP contribution is 2.31. The quantitative estimate of drug-likeness (QED) is 0.607. The van der Waals surface area contributed by atoms with Crippen molar-refractivity contribution in [3.63, 3.8) is 0 Å². The zero-order valence-electron chi connectivity index (χ0n) is 13.3. The van der Waals surface area contributed by atoms with Crippen LogP contribution in [0.4, 0.5) is 0 Å². The number of carbonyl (C=O) groups excluding carboxylic acids is 1. The Morgan fingerprint density at radius 1 is 1.35 bits per heavy atom. The fourth-order valence-corrected chi connectivity index (χ4v) is 3.12. The fourth-order valence-electron chi connectivity index (χ4n) is 2.51. The van der Waals surface area contributed by atoms with E-state index in [0.29, 0.717) is 23.8 Å². The zero-order chi connectivity index (χ0) is 17.0. The molecule has 0 amide bonds. The summed E-state index contributed by atoms with van der Waals surface area (Å²) in [6.45, 7) is 2.96. The Morgan fingerprint density at radius 3 is 2.57 bits per heavy atom. The minimum absolute atomic E-state index is 0.332. The number of rotatable bonds is 5. The molecule has 0 bridgehead atoms. The Bertz CT molecular complexity index is 631. The average molecular weight is 399 g/mol. The van der Waals surface area contributed by atoms with Crippen molar-refractivity contribution in [2.45, 2.75) is 13.0 Å². The minimum atomic E-state index is -0.368. The summed E-state index contributed by atoms with van der Waals surface area (Å²) < 4.78 is 11.1. The molecule has 1 N–H and O–H groups in total. The normalized spacial score (nSPS) is 18.0. The maximum Gasteiger partial charge on any atom is 0.337 e. The highest BCUT2D eigenvalue weighted by atomic mass is 79.9. The summed E-state index contributed by atoms with van der Waals surface area (Å²) in [6, 6.07) is 7.43. The molecule has 23 heavy (non-hydrogen) atoms. The average Bonchev–Trinajstić information content (AvgIpc) is 2.54. The molecule has 0 spiro atoms. The molecule has 0 aliphatic carbocycles. The predicted molar refractivity (Wildman–Crippen MR) is 95.9 cm³/mol. The van der Waals surface area contributed by atoms with E-state index in [9.17, 15) is 4.79 Å². The minimum Gasteiger partial charge on any atom is -0.466 e. The number of carbonyl (C=O) groups is 1. The first-order valence-corrected chi connectivity index (χ1v) is 8.31. The molecule has 0 saturated carbocycles. The Kier molecular flexibility index (Phi) is 6.15. The second-order valence-electron chi connectivity index (χ2n) is 5.07. The van der Waals surface area contributed by atoms with E-state index in [1.54, 1.807) is 7.11 Å². The van der Waals surface area contributed by atoms with Crippen molar-refractivity contribution in [1.29, 1.82) is 0 Å². The number of benzene rings is 1. The summed E-state index contributed by atoms with van der Waals surface area (Å²) in [5.41, 5.74) is 2.28. The number of thiocarbonyl (C=S) groups is 1. The van der Waals surface area contributed by atoms with Gasteiger partial charge in [0.05, 0.1) is 25.3 Å². The smallest absolute Gasteiger partial charge is 0.337 e. The number of ether oxygens (including phenoxy) is 2. The summed E-state index contributed by atoms with van der Waals surface area (Å²) in [5.74, 6) is -0.368. The Hall–Kier alpha value is -1.44. The van der Waals surface area contributed by atoms with Crippen LogP contribution in [0.1, 0.15) is 18.5 Å². The van der Waals surface area contributed by atoms with Crippen molar-refractivity contribution in [3.8, 4) is 0 Å². The third-order valence-electron chi connectivity index (χ3n) is 3.72. The number of nitrogens with zero attached hydrogens (tertiary/aromatic N) is 1. The Balaban J connectivity index is 2.45. The van der Waals surface area contributed by atoms with Crippen LogP contribution in [-0.2, 0) is 14.3 Å². The van der Waals surface area contributed by atoms with Gasteiger partial charge in [-0.3, -0.25) is 0 Å². The van der Waals surface area contributed by atoms with Gasteiger partial charge < -0.3 is 19.7 Å². The summed E-state index contributed by atoms with van der Waals surface area (Å²) in [7, 11) is 3.01. The molecule has 1 heterocycles. The fraction of sp³-hybridized carbons (Fsp3) is 0.375. The lowest BCUT2D eigenvalue weighted by Crippen LogP contribution is -2.48. The van der Waals surface area contributed by atoms with Gasteiger partial charge in [0.1, 0.15) is 0 Å².